The van der Waals surface area contributed by atoms with Gasteiger partial charge in [0, 0.05) is 0 Å². The predicted octanol–water partition coefficient (Wildman–Crippen LogP) is 5.38. The number of nitrogens with one attached hydrogen (secondary N) is 1. The van der Waals surface area contributed by atoms with Gasteiger partial charge in [0.05, 0.1) is 13.3 Å². The fraction of sp³-hybridized carbons (Fsp3) is 0.133. The summed E-state index contributed by atoms with van der Waals surface area (Å²) in [5, 5.41) is 4.00. The van der Waals surface area contributed by atoms with Crippen molar-refractivity contribution in [1.82, 2.24) is 5.43 Å². The van der Waals surface area contributed by atoms with Crippen LogP contribution in [0.5, 0.6) is 23.0 Å². The van der Waals surface area contributed by atoms with Crippen LogP contribution in [0.2, 0.25) is 0 Å². The van der Waals surface area contributed by atoms with Crippen molar-refractivity contribution < 1.29 is 23.7 Å². The minimum absolute atomic E-state index is 0.169. The number of rotatable bonds is 12. The molecule has 0 aliphatic rings. The first-order valence-electron chi connectivity index (χ1n) is 11.8. The summed E-state index contributed by atoms with van der Waals surface area (Å²) in [5.41, 5.74) is 5.36. The van der Waals surface area contributed by atoms with E-state index in [1.165, 1.54) is 6.21 Å². The molecule has 0 saturated carbocycles. The number of nitrogens with zero attached hydrogens (tertiary/aromatic N) is 1. The first-order valence-corrected chi connectivity index (χ1v) is 11.8. The molecule has 0 saturated heterocycles. The van der Waals surface area contributed by atoms with Gasteiger partial charge in [-0.25, -0.2) is 5.43 Å². The van der Waals surface area contributed by atoms with Crippen molar-refractivity contribution in [3.63, 3.8) is 0 Å². The lowest BCUT2D eigenvalue weighted by molar-refractivity contribution is -0.123. The Morgan fingerprint density at radius 2 is 1.32 bits per heavy atom. The number of hydrogen-bond donors (Lipinski definition) is 1. The Bertz CT molecular complexity index is 1290. The smallest absolute Gasteiger partial charge is 0.277 e. The number of amides is 1. The number of carbonyl (C=O) groups excluding carboxylic acids is 1. The second-order valence-electron chi connectivity index (χ2n) is 8.01. The molecule has 0 unspecified atom stereocenters. The van der Waals surface area contributed by atoms with E-state index in [4.69, 9.17) is 18.9 Å². The first-order chi connectivity index (χ1) is 18.2. The first kappa shape index (κ1) is 25.3. The van der Waals surface area contributed by atoms with E-state index >= 15 is 0 Å². The molecule has 1 amide bonds. The number of ether oxygens (including phenoxy) is 4. The Kier molecular flexibility index (Phi) is 9.13. The van der Waals surface area contributed by atoms with Crippen molar-refractivity contribution in [3.05, 3.63) is 120 Å². The van der Waals surface area contributed by atoms with Crippen LogP contribution in [0.4, 0.5) is 0 Å². The van der Waals surface area contributed by atoms with E-state index in [0.717, 1.165) is 22.4 Å². The normalized spacial score (nSPS) is 10.6. The van der Waals surface area contributed by atoms with Crippen LogP contribution in [0.1, 0.15) is 16.7 Å². The van der Waals surface area contributed by atoms with Gasteiger partial charge >= 0.3 is 0 Å². The van der Waals surface area contributed by atoms with Crippen LogP contribution in [0.15, 0.2) is 108 Å². The molecule has 0 aromatic heterocycles. The quantitative estimate of drug-likeness (QED) is 0.210. The maximum atomic E-state index is 12.1. The fourth-order valence-corrected chi connectivity index (χ4v) is 3.35. The van der Waals surface area contributed by atoms with E-state index in [1.54, 1.807) is 43.5 Å². The van der Waals surface area contributed by atoms with Crippen LogP contribution >= 0.6 is 0 Å². The van der Waals surface area contributed by atoms with Gasteiger partial charge in [-0.1, -0.05) is 60.7 Å². The standard InChI is InChI=1S/C30H28N2O5/c1-34-29-18-25(12-17-28(29)37-21-24-10-6-3-7-11-24)19-31-32-30(33)22-36-27-15-13-26(14-16-27)35-20-23-8-4-2-5-9-23/h2-19H,20-22H2,1H3,(H,32,33)/b31-19-. The van der Waals surface area contributed by atoms with Crippen molar-refractivity contribution in [2.45, 2.75) is 13.2 Å². The lowest BCUT2D eigenvalue weighted by Gasteiger charge is -2.11. The number of hydrazone groups is 1. The zero-order valence-corrected chi connectivity index (χ0v) is 20.5. The number of benzene rings is 4. The van der Waals surface area contributed by atoms with Gasteiger partial charge < -0.3 is 18.9 Å². The lowest BCUT2D eigenvalue weighted by Crippen LogP contribution is -2.24. The zero-order valence-electron chi connectivity index (χ0n) is 20.5. The highest BCUT2D eigenvalue weighted by molar-refractivity contribution is 5.83. The Balaban J connectivity index is 1.21. The summed E-state index contributed by atoms with van der Waals surface area (Å²) in [6, 6.07) is 32.3. The van der Waals surface area contributed by atoms with Gasteiger partial charge in [0.2, 0.25) is 0 Å². The molecule has 0 atom stereocenters. The van der Waals surface area contributed by atoms with Gasteiger partial charge in [-0.3, -0.25) is 4.79 Å². The molecule has 37 heavy (non-hydrogen) atoms. The van der Waals surface area contributed by atoms with Crippen molar-refractivity contribution in [2.75, 3.05) is 13.7 Å². The Morgan fingerprint density at radius 1 is 0.730 bits per heavy atom. The van der Waals surface area contributed by atoms with Crippen molar-refractivity contribution in [3.8, 4) is 23.0 Å². The summed E-state index contributed by atoms with van der Waals surface area (Å²) >= 11 is 0. The lowest BCUT2D eigenvalue weighted by atomic mass is 10.2. The molecule has 0 bridgehead atoms. The van der Waals surface area contributed by atoms with Crippen molar-refractivity contribution >= 4 is 12.1 Å². The van der Waals surface area contributed by atoms with E-state index < -0.39 is 0 Å². The van der Waals surface area contributed by atoms with Crippen LogP contribution in [0.25, 0.3) is 0 Å². The summed E-state index contributed by atoms with van der Waals surface area (Å²) in [6.45, 7) is 0.748. The molecule has 4 rings (SSSR count). The van der Waals surface area contributed by atoms with Gasteiger partial charge in [-0.05, 0) is 59.2 Å². The number of methoxy groups -OCH3 is 1. The van der Waals surface area contributed by atoms with E-state index in [1.807, 2.05) is 66.7 Å². The van der Waals surface area contributed by atoms with Gasteiger partial charge in [-0.2, -0.15) is 5.10 Å². The van der Waals surface area contributed by atoms with Crippen molar-refractivity contribution in [1.29, 1.82) is 0 Å². The summed E-state index contributed by atoms with van der Waals surface area (Å²) in [6.07, 6.45) is 1.53. The molecule has 0 aliphatic carbocycles. The van der Waals surface area contributed by atoms with E-state index in [2.05, 4.69) is 10.5 Å². The van der Waals surface area contributed by atoms with Gasteiger partial charge in [-0.15, -0.1) is 0 Å². The van der Waals surface area contributed by atoms with E-state index in [0.29, 0.717) is 30.5 Å². The second-order valence-corrected chi connectivity index (χ2v) is 8.01. The minimum atomic E-state index is -0.379. The van der Waals surface area contributed by atoms with Gasteiger partial charge in [0.1, 0.15) is 24.7 Å². The van der Waals surface area contributed by atoms with Crippen LogP contribution in [-0.2, 0) is 18.0 Å². The molecule has 7 heteroatoms. The van der Waals surface area contributed by atoms with Gasteiger partial charge in [0.25, 0.3) is 5.91 Å². The number of carbonyl (C=O) groups is 1. The topological polar surface area (TPSA) is 78.4 Å². The molecule has 4 aromatic rings. The van der Waals surface area contributed by atoms with E-state index in [9.17, 15) is 4.79 Å². The maximum Gasteiger partial charge on any atom is 0.277 e. The maximum absolute atomic E-state index is 12.1. The summed E-state index contributed by atoms with van der Waals surface area (Å²) in [5.74, 6) is 2.10. The van der Waals surface area contributed by atoms with Crippen LogP contribution in [-0.4, -0.2) is 25.8 Å². The second kappa shape index (κ2) is 13.3. The molecule has 188 valence electrons. The molecule has 1 N–H and O–H groups in total. The highest BCUT2D eigenvalue weighted by Crippen LogP contribution is 2.28. The molecule has 4 aromatic carbocycles. The largest absolute Gasteiger partial charge is 0.493 e. The monoisotopic (exact) mass is 496 g/mol. The van der Waals surface area contributed by atoms with Gasteiger partial charge in [0.15, 0.2) is 18.1 Å². The van der Waals surface area contributed by atoms with Crippen molar-refractivity contribution in [2.24, 2.45) is 5.10 Å². The molecule has 0 heterocycles. The fourth-order valence-electron chi connectivity index (χ4n) is 3.35. The predicted molar refractivity (Wildman–Crippen MR) is 142 cm³/mol. The highest BCUT2D eigenvalue weighted by atomic mass is 16.5. The Labute approximate surface area is 216 Å². The van der Waals surface area contributed by atoms with Crippen LogP contribution in [0, 0.1) is 0 Å². The number of hydrogen-bond acceptors (Lipinski definition) is 6. The summed E-state index contributed by atoms with van der Waals surface area (Å²) in [4.78, 5) is 12.1. The third-order valence-corrected chi connectivity index (χ3v) is 5.27. The van der Waals surface area contributed by atoms with Crippen LogP contribution in [0.3, 0.4) is 0 Å². The highest BCUT2D eigenvalue weighted by Gasteiger charge is 2.06. The zero-order chi connectivity index (χ0) is 25.7. The molecule has 0 fully saturated rings. The SMILES string of the molecule is COc1cc(/C=N\NC(=O)COc2ccc(OCc3ccccc3)cc2)ccc1OCc1ccccc1. The Morgan fingerprint density at radius 3 is 1.95 bits per heavy atom. The summed E-state index contributed by atoms with van der Waals surface area (Å²) in [7, 11) is 1.58. The molecule has 0 spiro atoms. The Hall–Kier alpha value is -4.78. The minimum Gasteiger partial charge on any atom is -0.493 e. The summed E-state index contributed by atoms with van der Waals surface area (Å²) < 4.78 is 22.6. The van der Waals surface area contributed by atoms with E-state index in [-0.39, 0.29) is 12.5 Å². The third kappa shape index (κ3) is 8.14. The molecular formula is C30H28N2O5. The molecular weight excluding hydrogens is 468 g/mol. The molecule has 0 radical (unpaired) electrons. The average Bonchev–Trinajstić information content (AvgIpc) is 2.96. The third-order valence-electron chi connectivity index (χ3n) is 5.27. The molecule has 0 aliphatic heterocycles. The van der Waals surface area contributed by atoms with Crippen LogP contribution < -0.4 is 24.4 Å². The average molecular weight is 497 g/mol. The molecule has 7 nitrogen and oxygen atoms in total.